The van der Waals surface area contributed by atoms with Crippen LogP contribution in [0.3, 0.4) is 0 Å². The number of rotatable bonds is 6. The largest absolute Gasteiger partial charge is 0.493 e. The first-order valence-corrected chi connectivity index (χ1v) is 10.6. The van der Waals surface area contributed by atoms with Crippen LogP contribution in [0.4, 0.5) is 5.69 Å². The Bertz CT molecular complexity index is 1260. The summed E-state index contributed by atoms with van der Waals surface area (Å²) in [7, 11) is 1.42. The number of hydrazone groups is 1. The molecule has 0 atom stereocenters. The van der Waals surface area contributed by atoms with Gasteiger partial charge in [0.15, 0.2) is 11.5 Å². The Morgan fingerprint density at radius 2 is 1.68 bits per heavy atom. The molecular weight excluding hydrogens is 481 g/mol. The van der Waals surface area contributed by atoms with Gasteiger partial charge in [0, 0.05) is 0 Å². The molecule has 8 nitrogen and oxygen atoms in total. The van der Waals surface area contributed by atoms with E-state index in [9.17, 15) is 14.4 Å². The average Bonchev–Trinajstić information content (AvgIpc) is 2.83. The summed E-state index contributed by atoms with van der Waals surface area (Å²) in [6.45, 7) is 1.92. The van der Waals surface area contributed by atoms with E-state index in [0.29, 0.717) is 11.1 Å². The van der Waals surface area contributed by atoms with Gasteiger partial charge in [0.1, 0.15) is 0 Å². The van der Waals surface area contributed by atoms with Gasteiger partial charge in [0.25, 0.3) is 0 Å². The number of hydrogen-bond acceptors (Lipinski definition) is 6. The lowest BCUT2D eigenvalue weighted by atomic mass is 10.1. The third-order valence-corrected chi connectivity index (χ3v) is 5.28. The number of benzene rings is 3. The highest BCUT2D eigenvalue weighted by atomic mass is 35.5. The van der Waals surface area contributed by atoms with E-state index in [0.717, 1.165) is 5.56 Å². The van der Waals surface area contributed by atoms with E-state index in [1.807, 2.05) is 19.1 Å². The number of halogens is 2. The summed E-state index contributed by atoms with van der Waals surface area (Å²) in [5, 5.41) is 6.46. The molecule has 3 rings (SSSR count). The third kappa shape index (κ3) is 6.34. The first kappa shape index (κ1) is 24.8. The van der Waals surface area contributed by atoms with Crippen LogP contribution in [0, 0.1) is 6.92 Å². The lowest BCUT2D eigenvalue weighted by Gasteiger charge is -2.10. The molecule has 10 heteroatoms. The van der Waals surface area contributed by atoms with Crippen molar-refractivity contribution in [2.45, 2.75) is 6.92 Å². The van der Waals surface area contributed by atoms with Crippen molar-refractivity contribution in [3.63, 3.8) is 0 Å². The molecule has 2 N–H and O–H groups in total. The number of esters is 1. The SMILES string of the molecule is COc1cc(/C=N\NC(=O)C(=O)Nc2cccc(Cl)c2Cl)ccc1OC(=O)c1ccc(C)cc1. The second-order valence-corrected chi connectivity index (χ2v) is 7.71. The Morgan fingerprint density at radius 1 is 0.941 bits per heavy atom. The lowest BCUT2D eigenvalue weighted by Crippen LogP contribution is -2.32. The summed E-state index contributed by atoms with van der Waals surface area (Å²) in [5.74, 6) is -2.02. The van der Waals surface area contributed by atoms with Crippen molar-refractivity contribution >= 4 is 52.9 Å². The van der Waals surface area contributed by atoms with Crippen molar-refractivity contribution in [3.8, 4) is 11.5 Å². The number of carbonyl (C=O) groups excluding carboxylic acids is 3. The summed E-state index contributed by atoms with van der Waals surface area (Å²) in [6.07, 6.45) is 1.30. The normalized spacial score (nSPS) is 10.6. The number of ether oxygens (including phenoxy) is 2. The van der Waals surface area contributed by atoms with Gasteiger partial charge in [0.05, 0.1) is 34.6 Å². The summed E-state index contributed by atoms with van der Waals surface area (Å²) in [4.78, 5) is 36.4. The van der Waals surface area contributed by atoms with Gasteiger partial charge in [-0.25, -0.2) is 10.2 Å². The fourth-order valence-electron chi connectivity index (χ4n) is 2.69. The van der Waals surface area contributed by atoms with Crippen LogP contribution in [0.5, 0.6) is 11.5 Å². The maximum Gasteiger partial charge on any atom is 0.343 e. The van der Waals surface area contributed by atoms with Gasteiger partial charge in [-0.2, -0.15) is 5.10 Å². The standard InChI is InChI=1S/C24H19Cl2N3O5/c1-14-6-9-16(10-7-14)24(32)34-19-11-8-15(12-20(19)33-2)13-27-29-23(31)22(30)28-18-5-3-4-17(25)21(18)26/h3-13H,1-2H3,(H,28,30)(H,29,31)/b27-13-. The van der Waals surface area contributed by atoms with E-state index in [2.05, 4.69) is 15.8 Å². The second kappa shape index (κ2) is 11.3. The van der Waals surface area contributed by atoms with Gasteiger partial charge in [-0.15, -0.1) is 0 Å². The maximum atomic E-state index is 12.4. The first-order chi connectivity index (χ1) is 16.3. The van der Waals surface area contributed by atoms with E-state index < -0.39 is 17.8 Å². The molecule has 0 unspecified atom stereocenters. The zero-order chi connectivity index (χ0) is 24.7. The van der Waals surface area contributed by atoms with Crippen molar-refractivity contribution in [1.82, 2.24) is 5.43 Å². The van der Waals surface area contributed by atoms with Gasteiger partial charge < -0.3 is 14.8 Å². The second-order valence-electron chi connectivity index (χ2n) is 6.92. The zero-order valence-corrected chi connectivity index (χ0v) is 19.6. The van der Waals surface area contributed by atoms with Gasteiger partial charge in [-0.05, 0) is 55.0 Å². The number of nitrogens with zero attached hydrogens (tertiary/aromatic N) is 1. The molecule has 0 heterocycles. The van der Waals surface area contributed by atoms with Gasteiger partial charge >= 0.3 is 17.8 Å². The topological polar surface area (TPSA) is 106 Å². The zero-order valence-electron chi connectivity index (χ0n) is 18.1. The fourth-order valence-corrected chi connectivity index (χ4v) is 3.04. The molecule has 0 aromatic heterocycles. The monoisotopic (exact) mass is 499 g/mol. The minimum absolute atomic E-state index is 0.115. The van der Waals surface area contributed by atoms with Crippen LogP contribution in [0.15, 0.2) is 65.8 Å². The van der Waals surface area contributed by atoms with Crippen molar-refractivity contribution in [2.24, 2.45) is 5.10 Å². The molecule has 174 valence electrons. The summed E-state index contributed by atoms with van der Waals surface area (Å²) < 4.78 is 10.7. The van der Waals surface area contributed by atoms with Crippen LogP contribution in [0.25, 0.3) is 0 Å². The van der Waals surface area contributed by atoms with Crippen LogP contribution in [0.2, 0.25) is 10.0 Å². The van der Waals surface area contributed by atoms with E-state index in [1.165, 1.54) is 25.5 Å². The molecule has 34 heavy (non-hydrogen) atoms. The molecule has 0 saturated carbocycles. The molecule has 0 aliphatic heterocycles. The molecule has 0 aliphatic carbocycles. The van der Waals surface area contributed by atoms with Crippen molar-refractivity contribution < 1.29 is 23.9 Å². The van der Waals surface area contributed by atoms with E-state index in [4.69, 9.17) is 32.7 Å². The highest BCUT2D eigenvalue weighted by Gasteiger charge is 2.16. The lowest BCUT2D eigenvalue weighted by molar-refractivity contribution is -0.136. The molecule has 0 fully saturated rings. The van der Waals surface area contributed by atoms with Gasteiger partial charge in [-0.1, -0.05) is 47.0 Å². The summed E-state index contributed by atoms with van der Waals surface area (Å²) in [6, 6.07) is 16.3. The Kier molecular flexibility index (Phi) is 8.24. The van der Waals surface area contributed by atoms with E-state index in [1.54, 1.807) is 36.4 Å². The molecule has 0 bridgehead atoms. The number of amides is 2. The molecule has 3 aromatic rings. The van der Waals surface area contributed by atoms with Gasteiger partial charge in [0.2, 0.25) is 0 Å². The minimum Gasteiger partial charge on any atom is -0.493 e. The smallest absolute Gasteiger partial charge is 0.343 e. The third-order valence-electron chi connectivity index (χ3n) is 4.46. The Morgan fingerprint density at radius 3 is 2.38 bits per heavy atom. The highest BCUT2D eigenvalue weighted by Crippen LogP contribution is 2.30. The number of carbonyl (C=O) groups is 3. The molecule has 0 spiro atoms. The molecule has 2 amide bonds. The van der Waals surface area contributed by atoms with Crippen LogP contribution >= 0.6 is 23.2 Å². The molecule has 0 aliphatic rings. The van der Waals surface area contributed by atoms with Crippen LogP contribution in [-0.2, 0) is 9.59 Å². The van der Waals surface area contributed by atoms with E-state index in [-0.39, 0.29) is 27.2 Å². The number of nitrogens with one attached hydrogen (secondary N) is 2. The molecule has 3 aromatic carbocycles. The van der Waals surface area contributed by atoms with Crippen molar-refractivity contribution in [3.05, 3.63) is 87.4 Å². The number of aryl methyl sites for hydroxylation is 1. The average molecular weight is 500 g/mol. The first-order valence-electron chi connectivity index (χ1n) is 9.83. The fraction of sp³-hybridized carbons (Fsp3) is 0.0833. The molecular formula is C24H19Cl2N3O5. The Balaban J connectivity index is 1.61. The molecule has 0 saturated heterocycles. The Hall–Kier alpha value is -3.88. The Labute approximate surface area is 205 Å². The minimum atomic E-state index is -1.01. The predicted octanol–water partition coefficient (Wildman–Crippen LogP) is 4.62. The van der Waals surface area contributed by atoms with Crippen LogP contribution in [-0.4, -0.2) is 31.1 Å². The summed E-state index contributed by atoms with van der Waals surface area (Å²) >= 11 is 11.9. The van der Waals surface area contributed by atoms with Crippen molar-refractivity contribution in [2.75, 3.05) is 12.4 Å². The van der Waals surface area contributed by atoms with Gasteiger partial charge in [-0.3, -0.25) is 9.59 Å². The van der Waals surface area contributed by atoms with E-state index >= 15 is 0 Å². The number of anilines is 1. The number of hydrogen-bond donors (Lipinski definition) is 2. The predicted molar refractivity (Wildman–Crippen MR) is 130 cm³/mol. The van der Waals surface area contributed by atoms with Crippen LogP contribution < -0.4 is 20.2 Å². The quantitative estimate of drug-likeness (QED) is 0.169. The van der Waals surface area contributed by atoms with Crippen molar-refractivity contribution in [1.29, 1.82) is 0 Å². The highest BCUT2D eigenvalue weighted by molar-refractivity contribution is 6.45. The summed E-state index contributed by atoms with van der Waals surface area (Å²) in [5.41, 5.74) is 4.25. The number of methoxy groups -OCH3 is 1. The van der Waals surface area contributed by atoms with Crippen LogP contribution in [0.1, 0.15) is 21.5 Å². The molecule has 0 radical (unpaired) electrons. The maximum absolute atomic E-state index is 12.4.